The number of amides is 2. The number of nitrogens with one attached hydrogen (secondary N) is 1. The van der Waals surface area contributed by atoms with E-state index in [1.54, 1.807) is 11.8 Å². The predicted octanol–water partition coefficient (Wildman–Crippen LogP) is 2.25. The van der Waals surface area contributed by atoms with Gasteiger partial charge in [-0.25, -0.2) is 9.78 Å². The Labute approximate surface area is 147 Å². The molecule has 1 aliphatic heterocycles. The van der Waals surface area contributed by atoms with Gasteiger partial charge in [-0.15, -0.1) is 0 Å². The molecule has 7 nitrogen and oxygen atoms in total. The first-order valence-electron chi connectivity index (χ1n) is 8.82. The van der Waals surface area contributed by atoms with Gasteiger partial charge in [0.1, 0.15) is 11.3 Å². The lowest BCUT2D eigenvalue weighted by Crippen LogP contribution is -2.47. The fraction of sp³-hybridized carbons (Fsp3) is 0.500. The zero-order valence-electron chi connectivity index (χ0n) is 14.7. The second-order valence-electron chi connectivity index (χ2n) is 6.12. The molecule has 2 aromatic rings. The summed E-state index contributed by atoms with van der Waals surface area (Å²) in [4.78, 5) is 30.8. The fourth-order valence-electron chi connectivity index (χ4n) is 3.21. The molecule has 0 spiro atoms. The van der Waals surface area contributed by atoms with Crippen LogP contribution in [0.3, 0.4) is 0 Å². The minimum Gasteiger partial charge on any atom is -0.450 e. The molecule has 0 radical (unpaired) electrons. The summed E-state index contributed by atoms with van der Waals surface area (Å²) in [5.74, 6) is -0.106. The van der Waals surface area contributed by atoms with Crippen LogP contribution in [-0.2, 0) is 11.2 Å². The topological polar surface area (TPSA) is 75.9 Å². The van der Waals surface area contributed by atoms with E-state index in [9.17, 15) is 9.59 Å². The normalized spacial score (nSPS) is 15.4. The molecule has 2 amide bonds. The van der Waals surface area contributed by atoms with Crippen molar-refractivity contribution in [2.24, 2.45) is 0 Å². The lowest BCUT2D eigenvalue weighted by molar-refractivity contribution is 0.0855. The van der Waals surface area contributed by atoms with Crippen LogP contribution in [0.2, 0.25) is 0 Å². The number of carbonyl (C=O) groups is 2. The summed E-state index contributed by atoms with van der Waals surface area (Å²) in [5.41, 5.74) is 2.18. The first-order chi connectivity index (χ1) is 12.1. The van der Waals surface area contributed by atoms with Crippen molar-refractivity contribution in [1.29, 1.82) is 0 Å². The van der Waals surface area contributed by atoms with Crippen molar-refractivity contribution in [2.45, 2.75) is 39.2 Å². The molecular weight excluding hydrogens is 320 g/mol. The minimum absolute atomic E-state index is 0.0529. The van der Waals surface area contributed by atoms with Crippen molar-refractivity contribution in [1.82, 2.24) is 19.6 Å². The molecule has 0 aliphatic carbocycles. The first-order valence-corrected chi connectivity index (χ1v) is 8.82. The second-order valence-corrected chi connectivity index (χ2v) is 6.12. The zero-order valence-corrected chi connectivity index (χ0v) is 14.7. The Kier molecular flexibility index (Phi) is 5.21. The summed E-state index contributed by atoms with van der Waals surface area (Å²) in [6.45, 7) is 5.36. The van der Waals surface area contributed by atoms with Crippen molar-refractivity contribution in [3.63, 3.8) is 0 Å². The number of imidazole rings is 1. The molecule has 1 aliphatic rings. The molecule has 2 aromatic heterocycles. The summed E-state index contributed by atoms with van der Waals surface area (Å²) < 4.78 is 6.86. The highest BCUT2D eigenvalue weighted by Gasteiger charge is 2.26. The molecule has 3 heterocycles. The number of hydrogen-bond acceptors (Lipinski definition) is 4. The monoisotopic (exact) mass is 344 g/mol. The number of rotatable bonds is 4. The van der Waals surface area contributed by atoms with Gasteiger partial charge < -0.3 is 15.0 Å². The third-order valence-corrected chi connectivity index (χ3v) is 4.51. The number of aromatic nitrogens is 2. The van der Waals surface area contributed by atoms with E-state index in [2.05, 4.69) is 10.3 Å². The first kappa shape index (κ1) is 17.3. The lowest BCUT2D eigenvalue weighted by atomic mass is 10.1. The Hall–Kier alpha value is -2.57. The highest BCUT2D eigenvalue weighted by molar-refractivity contribution is 5.95. The van der Waals surface area contributed by atoms with E-state index in [0.29, 0.717) is 31.8 Å². The van der Waals surface area contributed by atoms with Crippen molar-refractivity contribution >= 4 is 17.6 Å². The van der Waals surface area contributed by atoms with Gasteiger partial charge in [-0.3, -0.25) is 9.20 Å². The van der Waals surface area contributed by atoms with E-state index >= 15 is 0 Å². The van der Waals surface area contributed by atoms with Crippen LogP contribution in [0.5, 0.6) is 0 Å². The Morgan fingerprint density at radius 2 is 2.04 bits per heavy atom. The average molecular weight is 344 g/mol. The number of piperidine rings is 1. The Morgan fingerprint density at radius 1 is 1.28 bits per heavy atom. The predicted molar refractivity (Wildman–Crippen MR) is 93.7 cm³/mol. The van der Waals surface area contributed by atoms with E-state index < -0.39 is 0 Å². The number of aryl methyl sites for hydroxylation is 1. The van der Waals surface area contributed by atoms with Crippen LogP contribution in [0.25, 0.3) is 5.65 Å². The Bertz CT molecular complexity index is 763. The van der Waals surface area contributed by atoms with Crippen LogP contribution in [0, 0.1) is 0 Å². The van der Waals surface area contributed by atoms with Crippen LogP contribution < -0.4 is 5.32 Å². The number of ether oxygens (including phenoxy) is 1. The summed E-state index contributed by atoms with van der Waals surface area (Å²) in [6.07, 6.45) is 3.74. The SMILES string of the molecule is CCOC(=O)N1CCC(NC(=O)c2c(CC)nc3ccccn23)CC1. The summed E-state index contributed by atoms with van der Waals surface area (Å²) >= 11 is 0. The molecule has 0 saturated carbocycles. The number of hydrogen-bond donors (Lipinski definition) is 1. The number of nitrogens with zero attached hydrogens (tertiary/aromatic N) is 3. The average Bonchev–Trinajstić information content (AvgIpc) is 3.01. The van der Waals surface area contributed by atoms with Gasteiger partial charge in [-0.05, 0) is 38.3 Å². The van der Waals surface area contributed by atoms with E-state index in [1.165, 1.54) is 0 Å². The molecule has 3 rings (SSSR count). The zero-order chi connectivity index (χ0) is 17.8. The molecule has 0 aromatic carbocycles. The number of carbonyl (C=O) groups excluding carboxylic acids is 2. The molecular formula is C18H24N4O3. The van der Waals surface area contributed by atoms with Gasteiger partial charge in [-0.1, -0.05) is 13.0 Å². The summed E-state index contributed by atoms with van der Waals surface area (Å²) in [7, 11) is 0. The van der Waals surface area contributed by atoms with E-state index in [1.807, 2.05) is 35.7 Å². The number of pyridine rings is 1. The van der Waals surface area contributed by atoms with Crippen LogP contribution in [0.15, 0.2) is 24.4 Å². The van der Waals surface area contributed by atoms with E-state index in [-0.39, 0.29) is 18.0 Å². The summed E-state index contributed by atoms with van der Waals surface area (Å²) in [6, 6.07) is 5.75. The highest BCUT2D eigenvalue weighted by atomic mass is 16.6. The maximum atomic E-state index is 12.8. The molecule has 0 unspecified atom stereocenters. The fourth-order valence-corrected chi connectivity index (χ4v) is 3.21. The largest absolute Gasteiger partial charge is 0.450 e. The standard InChI is InChI=1S/C18H24N4O3/c1-3-14-16(22-10-6-5-7-15(22)20-14)17(23)19-13-8-11-21(12-9-13)18(24)25-4-2/h5-7,10,13H,3-4,8-9,11-12H2,1-2H3,(H,19,23). The van der Waals surface area contributed by atoms with Gasteiger partial charge >= 0.3 is 6.09 Å². The number of likely N-dealkylation sites (tertiary alicyclic amines) is 1. The third-order valence-electron chi connectivity index (χ3n) is 4.51. The van der Waals surface area contributed by atoms with Crippen molar-refractivity contribution in [3.05, 3.63) is 35.8 Å². The molecule has 1 saturated heterocycles. The van der Waals surface area contributed by atoms with Crippen molar-refractivity contribution < 1.29 is 14.3 Å². The maximum Gasteiger partial charge on any atom is 0.409 e. The molecule has 1 N–H and O–H groups in total. The molecule has 0 atom stereocenters. The third kappa shape index (κ3) is 3.60. The minimum atomic E-state index is -0.276. The van der Waals surface area contributed by atoms with Crippen molar-refractivity contribution in [2.75, 3.05) is 19.7 Å². The quantitative estimate of drug-likeness (QED) is 0.923. The van der Waals surface area contributed by atoms with Crippen molar-refractivity contribution in [3.8, 4) is 0 Å². The van der Waals surface area contributed by atoms with Gasteiger partial charge in [0.2, 0.25) is 0 Å². The lowest BCUT2D eigenvalue weighted by Gasteiger charge is -2.31. The molecule has 134 valence electrons. The Balaban J connectivity index is 1.67. The van der Waals surface area contributed by atoms with Gasteiger partial charge in [0.25, 0.3) is 5.91 Å². The number of fused-ring (bicyclic) bond motifs is 1. The van der Waals surface area contributed by atoms with Gasteiger partial charge in [0, 0.05) is 25.3 Å². The van der Waals surface area contributed by atoms with Crippen LogP contribution in [-0.4, -0.2) is 52.0 Å². The van der Waals surface area contributed by atoms with Gasteiger partial charge in [0.15, 0.2) is 0 Å². The van der Waals surface area contributed by atoms with Crippen LogP contribution >= 0.6 is 0 Å². The van der Waals surface area contributed by atoms with Crippen LogP contribution in [0.1, 0.15) is 42.9 Å². The second kappa shape index (κ2) is 7.55. The summed E-state index contributed by atoms with van der Waals surface area (Å²) in [5, 5.41) is 3.10. The molecule has 1 fully saturated rings. The molecule has 7 heteroatoms. The Morgan fingerprint density at radius 3 is 2.72 bits per heavy atom. The van der Waals surface area contributed by atoms with Crippen LogP contribution in [0.4, 0.5) is 4.79 Å². The maximum absolute atomic E-state index is 12.8. The van der Waals surface area contributed by atoms with Gasteiger partial charge in [0.05, 0.1) is 12.3 Å². The molecule has 25 heavy (non-hydrogen) atoms. The smallest absolute Gasteiger partial charge is 0.409 e. The van der Waals surface area contributed by atoms with Gasteiger partial charge in [-0.2, -0.15) is 0 Å². The highest BCUT2D eigenvalue weighted by Crippen LogP contribution is 2.16. The van der Waals surface area contributed by atoms with E-state index in [4.69, 9.17) is 4.74 Å². The van der Waals surface area contributed by atoms with E-state index in [0.717, 1.165) is 24.2 Å². The molecule has 0 bridgehead atoms.